The summed E-state index contributed by atoms with van der Waals surface area (Å²) in [5.74, 6) is 0. The molecular formula is C21H30N4. The molecule has 0 spiro atoms. The summed E-state index contributed by atoms with van der Waals surface area (Å²) in [6.07, 6.45) is 9.60. The summed E-state index contributed by atoms with van der Waals surface area (Å²) in [5, 5.41) is 0. The molecule has 0 aliphatic carbocycles. The van der Waals surface area contributed by atoms with E-state index in [1.165, 1.54) is 41.8 Å². The molecule has 2 atom stereocenters. The molecule has 0 aromatic carbocycles. The highest BCUT2D eigenvalue weighted by Gasteiger charge is 2.34. The first-order valence-corrected chi connectivity index (χ1v) is 9.51. The van der Waals surface area contributed by atoms with E-state index in [1.807, 2.05) is 24.5 Å². The second-order valence-corrected chi connectivity index (χ2v) is 7.11. The van der Waals surface area contributed by atoms with Crippen molar-refractivity contribution in [2.45, 2.75) is 58.0 Å². The van der Waals surface area contributed by atoms with Crippen molar-refractivity contribution in [2.24, 2.45) is 5.73 Å². The zero-order chi connectivity index (χ0) is 17.6. The van der Waals surface area contributed by atoms with E-state index in [9.17, 15) is 0 Å². The van der Waals surface area contributed by atoms with Crippen LogP contribution in [0.2, 0.25) is 0 Å². The predicted molar refractivity (Wildman–Crippen MR) is 102 cm³/mol. The lowest BCUT2D eigenvalue weighted by Gasteiger charge is -2.42. The number of rotatable bonds is 6. The molecule has 0 bridgehead atoms. The number of pyridine rings is 2. The zero-order valence-corrected chi connectivity index (χ0v) is 15.5. The van der Waals surface area contributed by atoms with Gasteiger partial charge in [-0.3, -0.25) is 14.9 Å². The van der Waals surface area contributed by atoms with E-state index < -0.39 is 0 Å². The minimum Gasteiger partial charge on any atom is -0.330 e. The molecule has 25 heavy (non-hydrogen) atoms. The molecule has 0 amide bonds. The lowest BCUT2D eigenvalue weighted by Crippen LogP contribution is -2.38. The average Bonchev–Trinajstić information content (AvgIpc) is 2.63. The normalized spacial score (nSPS) is 21.4. The van der Waals surface area contributed by atoms with Gasteiger partial charge in [0.2, 0.25) is 0 Å². The van der Waals surface area contributed by atoms with Gasteiger partial charge in [0.05, 0.1) is 23.5 Å². The Morgan fingerprint density at radius 2 is 1.52 bits per heavy atom. The molecule has 2 N–H and O–H groups in total. The molecule has 3 rings (SSSR count). The maximum absolute atomic E-state index is 5.74. The van der Waals surface area contributed by atoms with Crippen LogP contribution in [-0.2, 0) is 0 Å². The van der Waals surface area contributed by atoms with Gasteiger partial charge in [-0.05, 0) is 82.3 Å². The summed E-state index contributed by atoms with van der Waals surface area (Å²) in [6.45, 7) is 6.17. The van der Waals surface area contributed by atoms with Gasteiger partial charge in [0, 0.05) is 12.4 Å². The van der Waals surface area contributed by atoms with Crippen molar-refractivity contribution in [3.63, 3.8) is 0 Å². The minimum absolute atomic E-state index is 0.374. The van der Waals surface area contributed by atoms with Crippen LogP contribution in [0.1, 0.15) is 66.7 Å². The van der Waals surface area contributed by atoms with Crippen LogP contribution < -0.4 is 5.73 Å². The first-order valence-electron chi connectivity index (χ1n) is 9.51. The number of hydrogen-bond donors (Lipinski definition) is 1. The van der Waals surface area contributed by atoms with Gasteiger partial charge < -0.3 is 5.73 Å². The Balaban J connectivity index is 1.94. The Morgan fingerprint density at radius 3 is 2.00 bits per heavy atom. The number of nitrogens with two attached hydrogens (primary N) is 1. The Hall–Kier alpha value is -1.78. The Bertz CT molecular complexity index is 632. The molecule has 0 saturated carbocycles. The maximum Gasteiger partial charge on any atom is 0.0604 e. The summed E-state index contributed by atoms with van der Waals surface area (Å²) >= 11 is 0. The number of likely N-dealkylation sites (tertiary alicyclic amines) is 1. The van der Waals surface area contributed by atoms with E-state index in [-0.39, 0.29) is 0 Å². The van der Waals surface area contributed by atoms with Gasteiger partial charge in [-0.25, -0.2) is 0 Å². The Labute approximate surface area is 151 Å². The third-order valence-electron chi connectivity index (χ3n) is 5.36. The third-order valence-corrected chi connectivity index (χ3v) is 5.36. The standard InChI is InChI=1S/C21H30N4/c1-16-8-6-13-23-20(16)18-10-5-11-19(25(18)15-4-3-12-22)21-17(2)9-7-14-24-21/h6-9,13-14,18-19H,3-5,10-12,15,22H2,1-2H3/t18-,19+. The van der Waals surface area contributed by atoms with Crippen molar-refractivity contribution in [3.05, 3.63) is 59.2 Å². The second kappa shape index (κ2) is 8.54. The van der Waals surface area contributed by atoms with Gasteiger partial charge in [0.15, 0.2) is 0 Å². The fraction of sp³-hybridized carbons (Fsp3) is 0.524. The third kappa shape index (κ3) is 4.07. The van der Waals surface area contributed by atoms with E-state index in [4.69, 9.17) is 15.7 Å². The van der Waals surface area contributed by atoms with Crippen molar-refractivity contribution in [3.8, 4) is 0 Å². The van der Waals surface area contributed by atoms with Gasteiger partial charge in [0.1, 0.15) is 0 Å². The van der Waals surface area contributed by atoms with Crippen LogP contribution in [0.3, 0.4) is 0 Å². The molecule has 3 heterocycles. The van der Waals surface area contributed by atoms with Crippen LogP contribution in [-0.4, -0.2) is 28.0 Å². The molecule has 2 aromatic heterocycles. The average molecular weight is 338 g/mol. The number of unbranched alkanes of at least 4 members (excludes halogenated alkanes) is 1. The van der Waals surface area contributed by atoms with Crippen molar-refractivity contribution < 1.29 is 0 Å². The smallest absolute Gasteiger partial charge is 0.0604 e. The second-order valence-electron chi connectivity index (χ2n) is 7.11. The van der Waals surface area contributed by atoms with Gasteiger partial charge in [-0.2, -0.15) is 0 Å². The number of aryl methyl sites for hydroxylation is 2. The first kappa shape index (κ1) is 18.0. The number of piperidine rings is 1. The molecule has 4 heteroatoms. The highest BCUT2D eigenvalue weighted by atomic mass is 15.2. The SMILES string of the molecule is Cc1cccnc1[C@H]1CCC[C@@H](c2ncccc2C)N1CCCCN. The van der Waals surface area contributed by atoms with Crippen molar-refractivity contribution in [1.82, 2.24) is 14.9 Å². The highest BCUT2D eigenvalue weighted by Crippen LogP contribution is 2.42. The Kier molecular flexibility index (Phi) is 6.16. The molecule has 4 nitrogen and oxygen atoms in total. The van der Waals surface area contributed by atoms with E-state index in [2.05, 4.69) is 30.9 Å². The molecule has 2 aromatic rings. The molecular weight excluding hydrogens is 308 g/mol. The van der Waals surface area contributed by atoms with Crippen molar-refractivity contribution in [1.29, 1.82) is 0 Å². The quantitative estimate of drug-likeness (QED) is 0.806. The summed E-state index contributed by atoms with van der Waals surface area (Å²) in [7, 11) is 0. The highest BCUT2D eigenvalue weighted by molar-refractivity contribution is 5.25. The van der Waals surface area contributed by atoms with Crippen LogP contribution in [0.25, 0.3) is 0 Å². The number of nitrogens with zero attached hydrogens (tertiary/aromatic N) is 3. The number of aromatic nitrogens is 2. The molecule has 0 unspecified atom stereocenters. The summed E-state index contributed by atoms with van der Waals surface area (Å²) in [4.78, 5) is 12.1. The monoisotopic (exact) mass is 338 g/mol. The molecule has 1 aliphatic heterocycles. The minimum atomic E-state index is 0.374. The van der Waals surface area contributed by atoms with Gasteiger partial charge in [-0.1, -0.05) is 12.1 Å². The lowest BCUT2D eigenvalue weighted by molar-refractivity contribution is 0.0745. The van der Waals surface area contributed by atoms with Crippen molar-refractivity contribution >= 4 is 0 Å². The summed E-state index contributed by atoms with van der Waals surface area (Å²) < 4.78 is 0. The predicted octanol–water partition coefficient (Wildman–Crippen LogP) is 4.10. The summed E-state index contributed by atoms with van der Waals surface area (Å²) in [6, 6.07) is 9.16. The van der Waals surface area contributed by atoms with E-state index in [1.54, 1.807) is 0 Å². The number of hydrogen-bond acceptors (Lipinski definition) is 4. The molecule has 1 aliphatic rings. The van der Waals surface area contributed by atoms with Crippen LogP contribution in [0.5, 0.6) is 0 Å². The Morgan fingerprint density at radius 1 is 0.960 bits per heavy atom. The maximum atomic E-state index is 5.74. The zero-order valence-electron chi connectivity index (χ0n) is 15.5. The van der Waals surface area contributed by atoms with Crippen molar-refractivity contribution in [2.75, 3.05) is 13.1 Å². The lowest BCUT2D eigenvalue weighted by atomic mass is 9.88. The molecule has 0 radical (unpaired) electrons. The fourth-order valence-corrected chi connectivity index (χ4v) is 4.08. The molecule has 134 valence electrons. The van der Waals surface area contributed by atoms with Gasteiger partial charge in [-0.15, -0.1) is 0 Å². The van der Waals surface area contributed by atoms with Crippen LogP contribution in [0, 0.1) is 13.8 Å². The largest absolute Gasteiger partial charge is 0.330 e. The summed E-state index contributed by atoms with van der Waals surface area (Å²) in [5.41, 5.74) is 10.8. The van der Waals surface area contributed by atoms with E-state index >= 15 is 0 Å². The topological polar surface area (TPSA) is 55.0 Å². The molecule has 1 fully saturated rings. The van der Waals surface area contributed by atoms with E-state index in [0.29, 0.717) is 12.1 Å². The van der Waals surface area contributed by atoms with Crippen LogP contribution >= 0.6 is 0 Å². The fourth-order valence-electron chi connectivity index (χ4n) is 4.08. The first-order chi connectivity index (χ1) is 12.2. The van der Waals surface area contributed by atoms with E-state index in [0.717, 1.165) is 25.9 Å². The van der Waals surface area contributed by atoms with Crippen LogP contribution in [0.15, 0.2) is 36.7 Å². The van der Waals surface area contributed by atoms with Gasteiger partial charge in [0.25, 0.3) is 0 Å². The van der Waals surface area contributed by atoms with Crippen LogP contribution in [0.4, 0.5) is 0 Å². The molecule has 1 saturated heterocycles. The van der Waals surface area contributed by atoms with Gasteiger partial charge >= 0.3 is 0 Å².